The molecule has 1 N–H and O–H groups in total. The van der Waals surface area contributed by atoms with Crippen LogP contribution in [0, 0.1) is 13.8 Å². The number of phenols is 1. The van der Waals surface area contributed by atoms with E-state index in [0.29, 0.717) is 17.9 Å². The lowest BCUT2D eigenvalue weighted by molar-refractivity contribution is -0.129. The zero-order chi connectivity index (χ0) is 20.4. The lowest BCUT2D eigenvalue weighted by atomic mass is 9.83. The summed E-state index contributed by atoms with van der Waals surface area (Å²) in [7, 11) is 0. The second-order valence-electron chi connectivity index (χ2n) is 8.14. The minimum atomic E-state index is -0.473. The number of aryl methyl sites for hydroxylation is 3. The van der Waals surface area contributed by atoms with Crippen LogP contribution >= 0.6 is 0 Å². The maximum atomic E-state index is 11.9. The average molecular weight is 367 g/mol. The molecule has 0 saturated carbocycles. The van der Waals surface area contributed by atoms with Gasteiger partial charge in [-0.25, -0.2) is 4.79 Å². The van der Waals surface area contributed by atoms with Crippen molar-refractivity contribution >= 4 is 5.97 Å². The molecule has 2 aromatic rings. The normalized spacial score (nSPS) is 11.3. The first-order chi connectivity index (χ1) is 12.6. The van der Waals surface area contributed by atoms with Crippen LogP contribution in [-0.4, -0.2) is 11.1 Å². The monoisotopic (exact) mass is 366 g/mol. The first-order valence-electron chi connectivity index (χ1n) is 9.36. The van der Waals surface area contributed by atoms with Crippen LogP contribution in [0.25, 0.3) is 0 Å². The minimum absolute atomic E-state index is 0.163. The van der Waals surface area contributed by atoms with Crippen molar-refractivity contribution in [2.75, 3.05) is 0 Å². The summed E-state index contributed by atoms with van der Waals surface area (Å²) in [4.78, 5) is 11.9. The summed E-state index contributed by atoms with van der Waals surface area (Å²) in [5.74, 6) is 0.415. The van der Waals surface area contributed by atoms with Gasteiger partial charge in [0.05, 0.1) is 0 Å². The molecule has 0 bridgehead atoms. The van der Waals surface area contributed by atoms with Crippen molar-refractivity contribution in [1.29, 1.82) is 0 Å². The van der Waals surface area contributed by atoms with E-state index in [1.54, 1.807) is 0 Å². The van der Waals surface area contributed by atoms with Crippen molar-refractivity contribution in [3.63, 3.8) is 0 Å². The maximum absolute atomic E-state index is 11.9. The molecule has 0 saturated heterocycles. The molecule has 0 heterocycles. The molecule has 0 fully saturated rings. The zero-order valence-electron chi connectivity index (χ0n) is 17.3. The van der Waals surface area contributed by atoms with Crippen LogP contribution < -0.4 is 4.74 Å². The van der Waals surface area contributed by atoms with Gasteiger partial charge in [-0.05, 0) is 47.9 Å². The third-order valence-electron chi connectivity index (χ3n) is 4.66. The van der Waals surface area contributed by atoms with Gasteiger partial charge in [0.1, 0.15) is 11.5 Å². The van der Waals surface area contributed by atoms with Crippen LogP contribution in [0.2, 0.25) is 0 Å². The number of ether oxygens (including phenoxy) is 1. The van der Waals surface area contributed by atoms with Crippen molar-refractivity contribution in [2.45, 2.75) is 59.8 Å². The van der Waals surface area contributed by atoms with Crippen molar-refractivity contribution in [3.8, 4) is 11.5 Å². The summed E-state index contributed by atoms with van der Waals surface area (Å²) in [5.41, 5.74) is 5.66. The molecular formula is C24H30O3. The number of esters is 1. The van der Waals surface area contributed by atoms with Gasteiger partial charge in [-0.1, -0.05) is 69.7 Å². The summed E-state index contributed by atoms with van der Waals surface area (Å²) in [6.45, 7) is 15.8. The molecule has 144 valence electrons. The van der Waals surface area contributed by atoms with Gasteiger partial charge in [-0.3, -0.25) is 0 Å². The van der Waals surface area contributed by atoms with Gasteiger partial charge in [0, 0.05) is 12.5 Å². The van der Waals surface area contributed by atoms with E-state index in [1.807, 2.05) is 45.0 Å². The Morgan fingerprint density at radius 2 is 1.63 bits per heavy atom. The summed E-state index contributed by atoms with van der Waals surface area (Å²) < 4.78 is 5.57. The molecule has 0 aliphatic heterocycles. The summed E-state index contributed by atoms with van der Waals surface area (Å²) >= 11 is 0. The molecule has 3 heteroatoms. The maximum Gasteiger partial charge on any atom is 0.335 e. The zero-order valence-corrected chi connectivity index (χ0v) is 17.3. The lowest BCUT2D eigenvalue weighted by Crippen LogP contribution is -2.13. The van der Waals surface area contributed by atoms with Crippen molar-refractivity contribution in [3.05, 3.63) is 70.3 Å². The fraction of sp³-hybridized carbons (Fsp3) is 0.375. The first-order valence-corrected chi connectivity index (χ1v) is 9.36. The molecule has 2 aromatic carbocycles. The van der Waals surface area contributed by atoms with Gasteiger partial charge in [-0.2, -0.15) is 0 Å². The SMILES string of the molecule is C=CC(=O)Oc1c(CC)cc(C)cc1Cc1cc(C)cc(C(C)(C)C)c1O. The van der Waals surface area contributed by atoms with E-state index in [2.05, 4.69) is 27.4 Å². The fourth-order valence-corrected chi connectivity index (χ4v) is 3.36. The van der Waals surface area contributed by atoms with Gasteiger partial charge in [0.25, 0.3) is 0 Å². The van der Waals surface area contributed by atoms with E-state index < -0.39 is 5.97 Å². The van der Waals surface area contributed by atoms with Gasteiger partial charge >= 0.3 is 5.97 Å². The number of hydrogen-bond donors (Lipinski definition) is 1. The van der Waals surface area contributed by atoms with Gasteiger partial charge in [-0.15, -0.1) is 0 Å². The highest BCUT2D eigenvalue weighted by Gasteiger charge is 2.22. The van der Waals surface area contributed by atoms with Gasteiger partial charge in [0.15, 0.2) is 0 Å². The van der Waals surface area contributed by atoms with Crippen LogP contribution in [-0.2, 0) is 23.1 Å². The van der Waals surface area contributed by atoms with Crippen LogP contribution in [0.15, 0.2) is 36.9 Å². The molecule has 27 heavy (non-hydrogen) atoms. The van der Waals surface area contributed by atoms with Crippen LogP contribution in [0.1, 0.15) is 61.1 Å². The summed E-state index contributed by atoms with van der Waals surface area (Å²) in [5, 5.41) is 10.9. The van der Waals surface area contributed by atoms with Crippen molar-refractivity contribution < 1.29 is 14.6 Å². The second kappa shape index (κ2) is 7.99. The Bertz CT molecular complexity index is 870. The van der Waals surface area contributed by atoms with E-state index in [1.165, 1.54) is 6.08 Å². The average Bonchev–Trinajstić information content (AvgIpc) is 2.58. The predicted molar refractivity (Wildman–Crippen MR) is 111 cm³/mol. The molecule has 0 amide bonds. The highest BCUT2D eigenvalue weighted by Crippen LogP contribution is 2.37. The third kappa shape index (κ3) is 4.79. The predicted octanol–water partition coefficient (Wildman–Crippen LogP) is 5.55. The van der Waals surface area contributed by atoms with Crippen LogP contribution in [0.4, 0.5) is 0 Å². The molecule has 2 rings (SSSR count). The Morgan fingerprint density at radius 3 is 2.19 bits per heavy atom. The number of carbonyl (C=O) groups excluding carboxylic acids is 1. The highest BCUT2D eigenvalue weighted by molar-refractivity contribution is 5.84. The molecule has 0 aliphatic carbocycles. The third-order valence-corrected chi connectivity index (χ3v) is 4.66. The first kappa shape index (κ1) is 20.8. The number of hydrogen-bond acceptors (Lipinski definition) is 3. The van der Waals surface area contributed by atoms with Crippen LogP contribution in [0.5, 0.6) is 11.5 Å². The number of rotatable bonds is 5. The standard InChI is InChI=1S/C24H30O3/c1-8-17-10-15(3)12-19(23(17)27-21(25)9-2)14-18-11-16(4)13-20(22(18)26)24(5,6)7/h9-13,26H,2,8,14H2,1,3-7H3. The smallest absolute Gasteiger partial charge is 0.335 e. The van der Waals surface area contributed by atoms with Crippen molar-refractivity contribution in [1.82, 2.24) is 0 Å². The topological polar surface area (TPSA) is 46.5 Å². The Morgan fingerprint density at radius 1 is 1.07 bits per heavy atom. The Hall–Kier alpha value is -2.55. The molecular weight excluding hydrogens is 336 g/mol. The Labute approximate surface area is 162 Å². The number of carbonyl (C=O) groups is 1. The number of benzene rings is 2. The molecule has 0 radical (unpaired) electrons. The Kier molecular flexibility index (Phi) is 6.15. The van der Waals surface area contributed by atoms with E-state index in [-0.39, 0.29) is 5.41 Å². The molecule has 0 aromatic heterocycles. The second-order valence-corrected chi connectivity index (χ2v) is 8.14. The lowest BCUT2D eigenvalue weighted by Gasteiger charge is -2.23. The molecule has 3 nitrogen and oxygen atoms in total. The Balaban J connectivity index is 2.60. The van der Waals surface area contributed by atoms with E-state index in [4.69, 9.17) is 4.74 Å². The quantitative estimate of drug-likeness (QED) is 0.429. The van der Waals surface area contributed by atoms with Gasteiger partial charge < -0.3 is 9.84 Å². The largest absolute Gasteiger partial charge is 0.507 e. The summed E-state index contributed by atoms with van der Waals surface area (Å²) in [6, 6.07) is 8.08. The number of aromatic hydroxyl groups is 1. The van der Waals surface area contributed by atoms with Crippen LogP contribution in [0.3, 0.4) is 0 Å². The summed E-state index contributed by atoms with van der Waals surface area (Å²) in [6.07, 6.45) is 2.41. The van der Waals surface area contributed by atoms with E-state index in [9.17, 15) is 9.90 Å². The van der Waals surface area contributed by atoms with E-state index in [0.717, 1.165) is 39.8 Å². The van der Waals surface area contributed by atoms with Crippen molar-refractivity contribution in [2.24, 2.45) is 0 Å². The van der Waals surface area contributed by atoms with E-state index >= 15 is 0 Å². The van der Waals surface area contributed by atoms with Gasteiger partial charge in [0.2, 0.25) is 0 Å². The highest BCUT2D eigenvalue weighted by atomic mass is 16.5. The molecule has 0 aliphatic rings. The minimum Gasteiger partial charge on any atom is -0.507 e. The fourth-order valence-electron chi connectivity index (χ4n) is 3.36. The number of phenolic OH excluding ortho intramolecular Hbond substituents is 1. The molecule has 0 atom stereocenters. The molecule has 0 unspecified atom stereocenters. The molecule has 0 spiro atoms.